The second kappa shape index (κ2) is 5.17. The van der Waals surface area contributed by atoms with Crippen LogP contribution in [0, 0.1) is 0 Å². The van der Waals surface area contributed by atoms with Crippen LogP contribution in [-0.4, -0.2) is 20.6 Å². The van der Waals surface area contributed by atoms with E-state index in [-0.39, 0.29) is 18.6 Å². The predicted octanol–water partition coefficient (Wildman–Crippen LogP) is 1.66. The highest BCUT2D eigenvalue weighted by atomic mass is 16.6. The fourth-order valence-electron chi connectivity index (χ4n) is 4.06. The molecule has 0 aliphatic carbocycles. The van der Waals surface area contributed by atoms with Crippen molar-refractivity contribution in [2.75, 3.05) is 5.73 Å². The van der Waals surface area contributed by atoms with Crippen LogP contribution in [0.15, 0.2) is 35.1 Å². The fraction of sp³-hybridized carbons (Fsp3) is 0.250. The lowest BCUT2D eigenvalue weighted by Gasteiger charge is -2.31. The van der Waals surface area contributed by atoms with Crippen molar-refractivity contribution in [2.45, 2.75) is 32.1 Å². The van der Waals surface area contributed by atoms with Crippen LogP contribution in [0.5, 0.6) is 0 Å². The molecule has 1 aromatic carbocycles. The van der Waals surface area contributed by atoms with Gasteiger partial charge in [0.1, 0.15) is 6.61 Å². The van der Waals surface area contributed by atoms with Gasteiger partial charge in [-0.05, 0) is 18.6 Å². The number of rotatable bonds is 1. The van der Waals surface area contributed by atoms with Gasteiger partial charge >= 0.3 is 5.97 Å². The van der Waals surface area contributed by atoms with Crippen LogP contribution >= 0.6 is 0 Å². The van der Waals surface area contributed by atoms with Gasteiger partial charge in [0.25, 0.3) is 5.56 Å². The van der Waals surface area contributed by atoms with Crippen LogP contribution in [0.25, 0.3) is 22.3 Å². The summed E-state index contributed by atoms with van der Waals surface area (Å²) >= 11 is 0. The Labute approximate surface area is 154 Å². The molecule has 7 nitrogen and oxygen atoms in total. The SMILES string of the molecule is CC[C@@]1(O)C(=O)OCc2c1cc1n(c2=O)Cc2c-1nc1ccccc1c2N. The molecule has 1 atom stereocenters. The molecule has 3 N–H and O–H groups in total. The van der Waals surface area contributed by atoms with Crippen LogP contribution in [0.1, 0.15) is 30.0 Å². The molecule has 5 rings (SSSR count). The quantitative estimate of drug-likeness (QED) is 0.498. The number of hydrogen-bond donors (Lipinski definition) is 2. The first-order valence-electron chi connectivity index (χ1n) is 8.80. The molecule has 0 bridgehead atoms. The van der Waals surface area contributed by atoms with Gasteiger partial charge in [-0.2, -0.15) is 0 Å². The van der Waals surface area contributed by atoms with Crippen LogP contribution in [-0.2, 0) is 28.3 Å². The summed E-state index contributed by atoms with van der Waals surface area (Å²) in [6.07, 6.45) is 0.113. The van der Waals surface area contributed by atoms with E-state index >= 15 is 0 Å². The summed E-state index contributed by atoms with van der Waals surface area (Å²) in [6, 6.07) is 9.22. The van der Waals surface area contributed by atoms with E-state index < -0.39 is 11.6 Å². The Morgan fingerprint density at radius 3 is 2.85 bits per heavy atom. The number of nitrogens with two attached hydrogens (primary N) is 1. The molecule has 0 spiro atoms. The number of fused-ring (bicyclic) bond motifs is 5. The Hall–Kier alpha value is -3.19. The summed E-state index contributed by atoms with van der Waals surface area (Å²) in [5.74, 6) is -0.731. The van der Waals surface area contributed by atoms with Crippen molar-refractivity contribution in [1.82, 2.24) is 9.55 Å². The summed E-state index contributed by atoms with van der Waals surface area (Å²) < 4.78 is 6.66. The second-order valence-corrected chi connectivity index (χ2v) is 6.97. The van der Waals surface area contributed by atoms with Crippen molar-refractivity contribution in [3.8, 4) is 11.4 Å². The molecule has 4 heterocycles. The van der Waals surface area contributed by atoms with Gasteiger partial charge in [0, 0.05) is 22.2 Å². The molecular weight excluding hydrogens is 346 g/mol. The minimum atomic E-state index is -1.83. The summed E-state index contributed by atoms with van der Waals surface area (Å²) in [4.78, 5) is 30.0. The van der Waals surface area contributed by atoms with Crippen molar-refractivity contribution in [3.05, 3.63) is 57.4 Å². The van der Waals surface area contributed by atoms with E-state index in [0.29, 0.717) is 34.7 Å². The molecule has 2 aromatic heterocycles. The molecule has 136 valence electrons. The topological polar surface area (TPSA) is 107 Å². The first-order chi connectivity index (χ1) is 13.0. The minimum Gasteiger partial charge on any atom is -0.458 e. The first-order valence-corrected chi connectivity index (χ1v) is 8.80. The molecule has 0 amide bonds. The lowest BCUT2D eigenvalue weighted by atomic mass is 9.86. The summed E-state index contributed by atoms with van der Waals surface area (Å²) in [5, 5.41) is 11.7. The highest BCUT2D eigenvalue weighted by molar-refractivity contribution is 5.96. The van der Waals surface area contributed by atoms with Crippen LogP contribution in [0.4, 0.5) is 5.69 Å². The first kappa shape index (κ1) is 16.0. The molecule has 0 saturated heterocycles. The third-order valence-electron chi connectivity index (χ3n) is 5.64. The molecule has 7 heteroatoms. The van der Waals surface area contributed by atoms with Gasteiger partial charge in [0.2, 0.25) is 0 Å². The van der Waals surface area contributed by atoms with Crippen molar-refractivity contribution >= 4 is 22.6 Å². The van der Waals surface area contributed by atoms with E-state index in [4.69, 9.17) is 15.5 Å². The number of esters is 1. The molecular formula is C20H17N3O4. The van der Waals surface area contributed by atoms with Gasteiger partial charge in [0.15, 0.2) is 5.60 Å². The average Bonchev–Trinajstić information content (AvgIpc) is 3.05. The number of carbonyl (C=O) groups is 1. The number of carbonyl (C=O) groups excluding carboxylic acids is 1. The van der Waals surface area contributed by atoms with Gasteiger partial charge in [-0.3, -0.25) is 4.79 Å². The highest BCUT2D eigenvalue weighted by Gasteiger charge is 2.45. The third-order valence-corrected chi connectivity index (χ3v) is 5.64. The van der Waals surface area contributed by atoms with E-state index in [2.05, 4.69) is 0 Å². The van der Waals surface area contributed by atoms with E-state index in [1.807, 2.05) is 24.3 Å². The van der Waals surface area contributed by atoms with Crippen molar-refractivity contribution in [2.24, 2.45) is 0 Å². The molecule has 0 radical (unpaired) electrons. The number of hydrogen-bond acceptors (Lipinski definition) is 6. The van der Waals surface area contributed by atoms with Gasteiger partial charge in [-0.1, -0.05) is 25.1 Å². The number of cyclic esters (lactones) is 1. The van der Waals surface area contributed by atoms with Crippen LogP contribution in [0.2, 0.25) is 0 Å². The van der Waals surface area contributed by atoms with Gasteiger partial charge in [-0.25, -0.2) is 9.78 Å². The molecule has 0 fully saturated rings. The number of ether oxygens (including phenoxy) is 1. The van der Waals surface area contributed by atoms with Crippen LogP contribution in [0.3, 0.4) is 0 Å². The number of aliphatic hydroxyl groups is 1. The number of anilines is 1. The van der Waals surface area contributed by atoms with E-state index in [9.17, 15) is 14.7 Å². The fourth-order valence-corrected chi connectivity index (χ4v) is 4.06. The summed E-state index contributed by atoms with van der Waals surface area (Å²) in [5.41, 5.74) is 8.15. The van der Waals surface area contributed by atoms with Gasteiger partial charge in [-0.15, -0.1) is 0 Å². The largest absolute Gasteiger partial charge is 0.458 e. The average molecular weight is 363 g/mol. The predicted molar refractivity (Wildman–Crippen MR) is 98.9 cm³/mol. The Morgan fingerprint density at radius 2 is 2.07 bits per heavy atom. The lowest BCUT2D eigenvalue weighted by molar-refractivity contribution is -0.172. The van der Waals surface area contributed by atoms with Crippen LogP contribution < -0.4 is 11.3 Å². The van der Waals surface area contributed by atoms with E-state index in [1.54, 1.807) is 17.6 Å². The number of benzene rings is 1. The van der Waals surface area contributed by atoms with Crippen molar-refractivity contribution in [1.29, 1.82) is 0 Å². The Morgan fingerprint density at radius 1 is 1.30 bits per heavy atom. The standard InChI is InChI=1S/C20H17N3O4/c1-2-20(26)13-7-15-17-11(16(21)10-5-3-4-6-14(10)22-17)8-23(15)18(24)12(13)9-27-19(20)25/h3-7,26H,2,8-9H2,1H3,(H2,21,22)/t20-/m0/s1. The Bertz CT molecular complexity index is 1210. The zero-order valence-electron chi connectivity index (χ0n) is 14.7. The van der Waals surface area contributed by atoms with Crippen molar-refractivity contribution in [3.63, 3.8) is 0 Å². The zero-order valence-corrected chi connectivity index (χ0v) is 14.7. The number of nitrogen functional groups attached to an aromatic ring is 1. The maximum Gasteiger partial charge on any atom is 0.343 e. The Kier molecular flexibility index (Phi) is 3.07. The third kappa shape index (κ3) is 1.92. The van der Waals surface area contributed by atoms with Crippen molar-refractivity contribution < 1.29 is 14.6 Å². The monoisotopic (exact) mass is 363 g/mol. The molecule has 2 aliphatic heterocycles. The maximum absolute atomic E-state index is 13.1. The summed E-state index contributed by atoms with van der Waals surface area (Å²) in [6.45, 7) is 1.84. The normalized spacial score (nSPS) is 20.1. The van der Waals surface area contributed by atoms with E-state index in [1.165, 1.54) is 0 Å². The smallest absolute Gasteiger partial charge is 0.343 e. The molecule has 2 aliphatic rings. The number of para-hydroxylation sites is 1. The zero-order chi connectivity index (χ0) is 18.9. The molecule has 27 heavy (non-hydrogen) atoms. The number of nitrogens with zero attached hydrogens (tertiary/aromatic N) is 2. The number of pyridine rings is 2. The highest BCUT2D eigenvalue weighted by Crippen LogP contribution is 2.40. The molecule has 3 aromatic rings. The van der Waals surface area contributed by atoms with Gasteiger partial charge in [0.05, 0.1) is 29.0 Å². The lowest BCUT2D eigenvalue weighted by Crippen LogP contribution is -2.44. The second-order valence-electron chi connectivity index (χ2n) is 6.97. The minimum absolute atomic E-state index is 0.113. The van der Waals surface area contributed by atoms with Gasteiger partial charge < -0.3 is 20.1 Å². The maximum atomic E-state index is 13.1. The van der Waals surface area contributed by atoms with E-state index in [0.717, 1.165) is 16.5 Å². The Balaban J connectivity index is 1.84. The molecule has 0 unspecified atom stereocenters. The number of aromatic nitrogens is 2. The summed E-state index contributed by atoms with van der Waals surface area (Å²) in [7, 11) is 0. The molecule has 0 saturated carbocycles.